The number of hydrogen-bond acceptors (Lipinski definition) is 2. The van der Waals surface area contributed by atoms with Crippen LogP contribution in [0, 0.1) is 11.6 Å². The van der Waals surface area contributed by atoms with Gasteiger partial charge in [-0.1, -0.05) is 19.1 Å². The molecule has 0 bridgehead atoms. The molecule has 1 unspecified atom stereocenters. The second-order valence-corrected chi connectivity index (χ2v) is 5.16. The fourth-order valence-corrected chi connectivity index (χ4v) is 2.32. The second kappa shape index (κ2) is 6.68. The van der Waals surface area contributed by atoms with Gasteiger partial charge in [-0.3, -0.25) is 0 Å². The minimum atomic E-state index is -0.311. The van der Waals surface area contributed by atoms with E-state index in [0.717, 1.165) is 17.7 Å². The number of rotatable bonds is 5. The van der Waals surface area contributed by atoms with Gasteiger partial charge < -0.3 is 10.6 Å². The average molecular weight is 290 g/mol. The van der Waals surface area contributed by atoms with E-state index in [2.05, 4.69) is 0 Å². The number of anilines is 2. The third-order valence-corrected chi connectivity index (χ3v) is 3.63. The molecule has 0 heterocycles. The molecular formula is C17H20F2N2. The van der Waals surface area contributed by atoms with E-state index in [9.17, 15) is 8.78 Å². The van der Waals surface area contributed by atoms with Gasteiger partial charge in [-0.25, -0.2) is 8.78 Å². The zero-order chi connectivity index (χ0) is 15.4. The van der Waals surface area contributed by atoms with Crippen LogP contribution < -0.4 is 10.6 Å². The minimum Gasteiger partial charge on any atom is -0.342 e. The quantitative estimate of drug-likeness (QED) is 0.901. The monoisotopic (exact) mass is 290 g/mol. The molecule has 0 aliphatic carbocycles. The van der Waals surface area contributed by atoms with Crippen molar-refractivity contribution < 1.29 is 8.78 Å². The maximum absolute atomic E-state index is 14.3. The summed E-state index contributed by atoms with van der Waals surface area (Å²) in [6.45, 7) is 2.01. The highest BCUT2D eigenvalue weighted by molar-refractivity contribution is 5.66. The first kappa shape index (κ1) is 15.4. The maximum atomic E-state index is 14.3. The van der Waals surface area contributed by atoms with E-state index < -0.39 is 0 Å². The summed E-state index contributed by atoms with van der Waals surface area (Å²) in [7, 11) is 1.77. The van der Waals surface area contributed by atoms with Gasteiger partial charge in [0.15, 0.2) is 0 Å². The van der Waals surface area contributed by atoms with Crippen LogP contribution in [0.25, 0.3) is 0 Å². The number of benzene rings is 2. The van der Waals surface area contributed by atoms with Crippen LogP contribution in [0.4, 0.5) is 20.2 Å². The topological polar surface area (TPSA) is 29.3 Å². The van der Waals surface area contributed by atoms with Crippen LogP contribution >= 0.6 is 0 Å². The molecule has 0 aliphatic heterocycles. The van der Waals surface area contributed by atoms with Gasteiger partial charge in [-0.15, -0.1) is 0 Å². The molecule has 0 amide bonds. The Morgan fingerprint density at radius 2 is 1.76 bits per heavy atom. The molecule has 2 aromatic rings. The van der Waals surface area contributed by atoms with E-state index in [1.165, 1.54) is 18.2 Å². The predicted molar refractivity (Wildman–Crippen MR) is 82.8 cm³/mol. The van der Waals surface area contributed by atoms with Crippen LogP contribution in [-0.2, 0) is 6.42 Å². The molecule has 2 nitrogen and oxygen atoms in total. The fraction of sp³-hybridized carbons (Fsp3) is 0.294. The van der Waals surface area contributed by atoms with E-state index in [4.69, 9.17) is 5.73 Å². The molecular weight excluding hydrogens is 270 g/mol. The highest BCUT2D eigenvalue weighted by atomic mass is 19.1. The molecule has 0 aliphatic rings. The zero-order valence-electron chi connectivity index (χ0n) is 12.3. The number of halogens is 2. The van der Waals surface area contributed by atoms with Crippen molar-refractivity contribution in [1.29, 1.82) is 0 Å². The molecule has 4 heteroatoms. The smallest absolute Gasteiger partial charge is 0.147 e. The van der Waals surface area contributed by atoms with Gasteiger partial charge in [-0.2, -0.15) is 0 Å². The van der Waals surface area contributed by atoms with E-state index in [1.807, 2.05) is 13.0 Å². The van der Waals surface area contributed by atoms with Crippen molar-refractivity contribution in [2.75, 3.05) is 11.9 Å². The lowest BCUT2D eigenvalue weighted by molar-refractivity contribution is 0.614. The van der Waals surface area contributed by atoms with Gasteiger partial charge in [0.1, 0.15) is 11.6 Å². The Morgan fingerprint density at radius 1 is 1.10 bits per heavy atom. The largest absolute Gasteiger partial charge is 0.342 e. The maximum Gasteiger partial charge on any atom is 0.147 e. The Kier molecular flexibility index (Phi) is 4.91. The number of nitrogens with two attached hydrogens (primary N) is 1. The molecule has 1 atom stereocenters. The third kappa shape index (κ3) is 3.58. The molecule has 2 aromatic carbocycles. The lowest BCUT2D eigenvalue weighted by Gasteiger charge is -2.24. The summed E-state index contributed by atoms with van der Waals surface area (Å²) < 4.78 is 27.3. The molecule has 2 rings (SSSR count). The van der Waals surface area contributed by atoms with Crippen LogP contribution in [-0.4, -0.2) is 13.1 Å². The van der Waals surface area contributed by atoms with Crippen molar-refractivity contribution >= 4 is 11.4 Å². The van der Waals surface area contributed by atoms with E-state index in [1.54, 1.807) is 30.1 Å². The Balaban J connectivity index is 2.39. The molecule has 0 spiro atoms. The molecule has 0 fully saturated rings. The lowest BCUT2D eigenvalue weighted by atomic mass is 10.0. The highest BCUT2D eigenvalue weighted by Gasteiger charge is 2.16. The van der Waals surface area contributed by atoms with Crippen molar-refractivity contribution in [3.8, 4) is 0 Å². The third-order valence-electron chi connectivity index (χ3n) is 3.63. The first-order chi connectivity index (χ1) is 10.0. The lowest BCUT2D eigenvalue weighted by Crippen LogP contribution is -2.23. The van der Waals surface area contributed by atoms with Crippen LogP contribution in [0.3, 0.4) is 0 Å². The van der Waals surface area contributed by atoms with Gasteiger partial charge in [0.05, 0.1) is 5.69 Å². The van der Waals surface area contributed by atoms with Crippen molar-refractivity contribution in [2.24, 2.45) is 5.73 Å². The summed E-state index contributed by atoms with van der Waals surface area (Å²) in [5.41, 5.74) is 8.07. The Labute approximate surface area is 124 Å². The summed E-state index contributed by atoms with van der Waals surface area (Å²) in [4.78, 5) is 1.73. The molecule has 0 saturated heterocycles. The van der Waals surface area contributed by atoms with Crippen molar-refractivity contribution in [2.45, 2.75) is 25.8 Å². The van der Waals surface area contributed by atoms with Gasteiger partial charge in [0, 0.05) is 18.8 Å². The average Bonchev–Trinajstić information content (AvgIpc) is 2.47. The molecule has 21 heavy (non-hydrogen) atoms. The SMILES string of the molecule is CCC(N)Cc1cccc(F)c1N(C)c1ccc(F)cc1. The number of hydrogen-bond donors (Lipinski definition) is 1. The van der Waals surface area contributed by atoms with Crippen LogP contribution in [0.15, 0.2) is 42.5 Å². The predicted octanol–water partition coefficient (Wildman–Crippen LogP) is 4.01. The van der Waals surface area contributed by atoms with E-state index in [-0.39, 0.29) is 17.7 Å². The number of nitrogens with zero attached hydrogens (tertiary/aromatic N) is 1. The summed E-state index contributed by atoms with van der Waals surface area (Å²) >= 11 is 0. The fourth-order valence-electron chi connectivity index (χ4n) is 2.32. The van der Waals surface area contributed by atoms with Crippen molar-refractivity contribution in [1.82, 2.24) is 0 Å². The molecule has 112 valence electrons. The van der Waals surface area contributed by atoms with E-state index in [0.29, 0.717) is 12.1 Å². The van der Waals surface area contributed by atoms with Crippen LogP contribution in [0.5, 0.6) is 0 Å². The van der Waals surface area contributed by atoms with Crippen molar-refractivity contribution in [3.63, 3.8) is 0 Å². The number of para-hydroxylation sites is 1. The summed E-state index contributed by atoms with van der Waals surface area (Å²) in [6.07, 6.45) is 1.44. The van der Waals surface area contributed by atoms with E-state index >= 15 is 0 Å². The van der Waals surface area contributed by atoms with Gasteiger partial charge in [-0.05, 0) is 48.7 Å². The molecule has 0 saturated carbocycles. The van der Waals surface area contributed by atoms with Crippen molar-refractivity contribution in [3.05, 3.63) is 59.7 Å². The minimum absolute atomic E-state index is 0.00725. The van der Waals surface area contributed by atoms with Gasteiger partial charge in [0.25, 0.3) is 0 Å². The first-order valence-electron chi connectivity index (χ1n) is 7.05. The standard InChI is InChI=1S/C17H20F2N2/c1-3-14(20)11-12-5-4-6-16(19)17(12)21(2)15-9-7-13(18)8-10-15/h4-10,14H,3,11,20H2,1-2H3. The van der Waals surface area contributed by atoms with Gasteiger partial charge in [0.2, 0.25) is 0 Å². The Morgan fingerprint density at radius 3 is 2.38 bits per heavy atom. The first-order valence-corrected chi connectivity index (χ1v) is 7.05. The van der Waals surface area contributed by atoms with Crippen LogP contribution in [0.2, 0.25) is 0 Å². The second-order valence-electron chi connectivity index (χ2n) is 5.16. The Hall–Kier alpha value is -1.94. The molecule has 2 N–H and O–H groups in total. The summed E-state index contributed by atoms with van der Waals surface area (Å²) in [6, 6.07) is 11.0. The van der Waals surface area contributed by atoms with Gasteiger partial charge >= 0.3 is 0 Å². The van der Waals surface area contributed by atoms with Crippen LogP contribution in [0.1, 0.15) is 18.9 Å². The summed E-state index contributed by atoms with van der Waals surface area (Å²) in [5.74, 6) is -0.614. The molecule has 0 radical (unpaired) electrons. The molecule has 0 aromatic heterocycles. The Bertz CT molecular complexity index is 596. The summed E-state index contributed by atoms with van der Waals surface area (Å²) in [5, 5.41) is 0. The highest BCUT2D eigenvalue weighted by Crippen LogP contribution is 2.30. The zero-order valence-corrected chi connectivity index (χ0v) is 12.3. The normalized spacial score (nSPS) is 12.2.